The summed E-state index contributed by atoms with van der Waals surface area (Å²) < 4.78 is 67.4. The van der Waals surface area contributed by atoms with Gasteiger partial charge in [0, 0.05) is 11.6 Å². The van der Waals surface area contributed by atoms with Gasteiger partial charge in [-0.05, 0) is 35.9 Å². The van der Waals surface area contributed by atoms with Gasteiger partial charge in [-0.3, -0.25) is 0 Å². The molecule has 0 aromatic heterocycles. The summed E-state index contributed by atoms with van der Waals surface area (Å²) in [4.78, 5) is 12.4. The Morgan fingerprint density at radius 1 is 1.09 bits per heavy atom. The van der Waals surface area contributed by atoms with Crippen LogP contribution < -0.4 is 18.9 Å². The summed E-state index contributed by atoms with van der Waals surface area (Å²) in [6, 6.07) is 15.9. The number of hydrogen-bond acceptors (Lipinski definition) is 7. The van der Waals surface area contributed by atoms with E-state index in [1.54, 1.807) is 18.2 Å². The van der Waals surface area contributed by atoms with Crippen molar-refractivity contribution < 1.29 is 41.7 Å². The zero-order valence-electron chi connectivity index (χ0n) is 18.3. The highest BCUT2D eigenvalue weighted by Gasteiger charge is 2.38. The van der Waals surface area contributed by atoms with Gasteiger partial charge in [0.15, 0.2) is 11.5 Å². The SMILES string of the molecule is COC(=O)C(Oc1cc(OCc2ccc3c(c2)OCO3)ccc1C#N)c1ccccc1C(F)(F)F. The first kappa shape index (κ1) is 23.8. The number of carbonyl (C=O) groups is 1. The first-order chi connectivity index (χ1) is 16.8. The number of fused-ring (bicyclic) bond motifs is 1. The number of benzene rings is 3. The summed E-state index contributed by atoms with van der Waals surface area (Å²) in [6.07, 6.45) is -6.51. The Morgan fingerprint density at radius 2 is 1.86 bits per heavy atom. The molecule has 3 aromatic rings. The molecule has 1 atom stereocenters. The van der Waals surface area contributed by atoms with E-state index in [1.165, 1.54) is 30.3 Å². The molecular formula is C25H18F3NO6. The van der Waals surface area contributed by atoms with Crippen molar-refractivity contribution in [1.82, 2.24) is 0 Å². The second-order valence-corrected chi connectivity index (χ2v) is 7.35. The fraction of sp³-hybridized carbons (Fsp3) is 0.200. The summed E-state index contributed by atoms with van der Waals surface area (Å²) >= 11 is 0. The molecule has 35 heavy (non-hydrogen) atoms. The largest absolute Gasteiger partial charge is 0.489 e. The van der Waals surface area contributed by atoms with Crippen molar-refractivity contribution in [1.29, 1.82) is 5.26 Å². The Hall–Kier alpha value is -4.39. The van der Waals surface area contributed by atoms with Crippen LogP contribution in [0, 0.1) is 11.3 Å². The van der Waals surface area contributed by atoms with E-state index in [0.29, 0.717) is 11.5 Å². The van der Waals surface area contributed by atoms with Gasteiger partial charge < -0.3 is 23.7 Å². The van der Waals surface area contributed by atoms with E-state index in [1.807, 2.05) is 6.07 Å². The van der Waals surface area contributed by atoms with Gasteiger partial charge >= 0.3 is 12.1 Å². The zero-order chi connectivity index (χ0) is 25.0. The number of esters is 1. The second-order valence-electron chi connectivity index (χ2n) is 7.35. The minimum atomic E-state index is -4.74. The van der Waals surface area contributed by atoms with Crippen LogP contribution in [0.25, 0.3) is 0 Å². The van der Waals surface area contributed by atoms with E-state index >= 15 is 0 Å². The van der Waals surface area contributed by atoms with E-state index in [0.717, 1.165) is 24.8 Å². The maximum atomic E-state index is 13.6. The summed E-state index contributed by atoms with van der Waals surface area (Å²) in [5.41, 5.74) is -0.724. The first-order valence-corrected chi connectivity index (χ1v) is 10.3. The van der Waals surface area contributed by atoms with Crippen molar-refractivity contribution in [2.24, 2.45) is 0 Å². The maximum absolute atomic E-state index is 13.6. The second kappa shape index (κ2) is 9.85. The Kier molecular flexibility index (Phi) is 6.68. The third kappa shape index (κ3) is 5.24. The quantitative estimate of drug-likeness (QED) is 0.426. The predicted molar refractivity (Wildman–Crippen MR) is 115 cm³/mol. The van der Waals surface area contributed by atoms with Gasteiger partial charge in [-0.15, -0.1) is 0 Å². The molecule has 0 aliphatic carbocycles. The van der Waals surface area contributed by atoms with Crippen molar-refractivity contribution in [2.45, 2.75) is 18.9 Å². The predicted octanol–water partition coefficient (Wildman–Crippen LogP) is 5.18. The molecule has 1 unspecified atom stereocenters. The third-order valence-electron chi connectivity index (χ3n) is 5.12. The van der Waals surface area contributed by atoms with E-state index in [2.05, 4.69) is 4.74 Å². The highest BCUT2D eigenvalue weighted by molar-refractivity contribution is 5.77. The van der Waals surface area contributed by atoms with Crippen molar-refractivity contribution in [3.8, 4) is 29.1 Å². The van der Waals surface area contributed by atoms with Crippen molar-refractivity contribution in [3.63, 3.8) is 0 Å². The highest BCUT2D eigenvalue weighted by Crippen LogP contribution is 2.38. The normalized spacial score (nSPS) is 13.0. The number of nitrogens with zero attached hydrogens (tertiary/aromatic N) is 1. The van der Waals surface area contributed by atoms with Crippen molar-refractivity contribution in [2.75, 3.05) is 13.9 Å². The third-order valence-corrected chi connectivity index (χ3v) is 5.12. The average molecular weight is 485 g/mol. The molecule has 7 nitrogen and oxygen atoms in total. The van der Waals surface area contributed by atoms with Crippen LogP contribution in [-0.4, -0.2) is 19.9 Å². The summed E-state index contributed by atoms with van der Waals surface area (Å²) in [5, 5.41) is 9.48. The summed E-state index contributed by atoms with van der Waals surface area (Å²) in [6.45, 7) is 0.258. The van der Waals surface area contributed by atoms with Gasteiger partial charge in [-0.2, -0.15) is 18.4 Å². The molecule has 1 aliphatic heterocycles. The van der Waals surface area contributed by atoms with E-state index in [-0.39, 0.29) is 30.5 Å². The summed E-state index contributed by atoms with van der Waals surface area (Å²) in [5.74, 6) is 0.278. The molecule has 10 heteroatoms. The van der Waals surface area contributed by atoms with Crippen LogP contribution in [0.15, 0.2) is 60.7 Å². The fourth-order valence-electron chi connectivity index (χ4n) is 3.44. The van der Waals surface area contributed by atoms with E-state index in [4.69, 9.17) is 18.9 Å². The number of alkyl halides is 3. The molecule has 0 spiro atoms. The topological polar surface area (TPSA) is 87.0 Å². The number of halogens is 3. The number of carbonyl (C=O) groups excluding carboxylic acids is 1. The molecule has 180 valence electrons. The first-order valence-electron chi connectivity index (χ1n) is 10.3. The minimum absolute atomic E-state index is 0.00109. The van der Waals surface area contributed by atoms with Crippen molar-refractivity contribution >= 4 is 5.97 Å². The van der Waals surface area contributed by atoms with Crippen LogP contribution in [0.2, 0.25) is 0 Å². The molecule has 4 rings (SSSR count). The number of ether oxygens (including phenoxy) is 5. The standard InChI is InChI=1S/C25H18F3NO6/c1-31-24(30)23(18-4-2-3-5-19(18)25(26,27)28)35-21-11-17(8-7-16(21)12-29)32-13-15-6-9-20-22(10-15)34-14-33-20/h2-11,23H,13-14H2,1H3. The Labute approximate surface area is 198 Å². The Bertz CT molecular complexity index is 1280. The van der Waals surface area contributed by atoms with Crippen LogP contribution in [0.3, 0.4) is 0 Å². The average Bonchev–Trinajstić information content (AvgIpc) is 3.33. The Morgan fingerprint density at radius 3 is 2.60 bits per heavy atom. The molecule has 1 aliphatic rings. The molecule has 0 N–H and O–H groups in total. The van der Waals surface area contributed by atoms with Crippen LogP contribution in [-0.2, 0) is 22.3 Å². The molecule has 0 radical (unpaired) electrons. The van der Waals surface area contributed by atoms with Crippen LogP contribution in [0.1, 0.15) is 28.4 Å². The summed E-state index contributed by atoms with van der Waals surface area (Å²) in [7, 11) is 1.03. The molecule has 0 amide bonds. The lowest BCUT2D eigenvalue weighted by atomic mass is 10.0. The van der Waals surface area contributed by atoms with Crippen LogP contribution >= 0.6 is 0 Å². The van der Waals surface area contributed by atoms with Gasteiger partial charge in [0.25, 0.3) is 0 Å². The van der Waals surface area contributed by atoms with Crippen LogP contribution in [0.4, 0.5) is 13.2 Å². The lowest BCUT2D eigenvalue weighted by Crippen LogP contribution is -2.24. The smallest absolute Gasteiger partial charge is 0.416 e. The lowest BCUT2D eigenvalue weighted by Gasteiger charge is -2.22. The highest BCUT2D eigenvalue weighted by atomic mass is 19.4. The van der Waals surface area contributed by atoms with Gasteiger partial charge in [-0.1, -0.05) is 24.3 Å². The van der Waals surface area contributed by atoms with Gasteiger partial charge in [0.2, 0.25) is 12.9 Å². The maximum Gasteiger partial charge on any atom is 0.416 e. The van der Waals surface area contributed by atoms with E-state index in [9.17, 15) is 23.2 Å². The van der Waals surface area contributed by atoms with Gasteiger partial charge in [-0.25, -0.2) is 4.79 Å². The molecule has 0 saturated heterocycles. The monoisotopic (exact) mass is 485 g/mol. The van der Waals surface area contributed by atoms with E-state index < -0.39 is 29.4 Å². The molecule has 0 bridgehead atoms. The van der Waals surface area contributed by atoms with Gasteiger partial charge in [0.1, 0.15) is 24.2 Å². The number of rotatable bonds is 7. The molecular weight excluding hydrogens is 467 g/mol. The van der Waals surface area contributed by atoms with Crippen molar-refractivity contribution in [3.05, 3.63) is 82.9 Å². The molecule has 1 heterocycles. The number of hydrogen-bond donors (Lipinski definition) is 0. The van der Waals surface area contributed by atoms with Gasteiger partial charge in [0.05, 0.1) is 18.2 Å². The number of nitriles is 1. The lowest BCUT2D eigenvalue weighted by molar-refractivity contribution is -0.151. The zero-order valence-corrected chi connectivity index (χ0v) is 18.3. The number of methoxy groups -OCH3 is 1. The Balaban J connectivity index is 1.61. The molecule has 3 aromatic carbocycles. The minimum Gasteiger partial charge on any atom is -0.489 e. The van der Waals surface area contributed by atoms with Crippen LogP contribution in [0.5, 0.6) is 23.0 Å². The fourth-order valence-corrected chi connectivity index (χ4v) is 3.44. The molecule has 0 saturated carbocycles. The molecule has 0 fully saturated rings.